The first-order valence-electron chi connectivity index (χ1n) is 18.0. The molecule has 0 spiro atoms. The molecule has 0 aliphatic carbocycles. The highest BCUT2D eigenvalue weighted by Gasteiger charge is 2.56. The summed E-state index contributed by atoms with van der Waals surface area (Å²) in [6.45, 7) is 7.12. The van der Waals surface area contributed by atoms with E-state index in [9.17, 15) is 9.90 Å². The molecule has 1 heterocycles. The van der Waals surface area contributed by atoms with E-state index in [-0.39, 0.29) is 38.1 Å². The van der Waals surface area contributed by atoms with Gasteiger partial charge in [-0.2, -0.15) is 0 Å². The topological polar surface area (TPSA) is 77.5 Å². The van der Waals surface area contributed by atoms with Crippen LogP contribution in [0.5, 0.6) is 0 Å². The lowest BCUT2D eigenvalue weighted by molar-refractivity contribution is -0.0851. The number of amides is 1. The molecule has 1 aliphatic rings. The molecule has 5 aromatic rings. The second-order valence-electron chi connectivity index (χ2n) is 14.3. The van der Waals surface area contributed by atoms with Crippen LogP contribution in [0.2, 0.25) is 5.04 Å². The predicted octanol–water partition coefficient (Wildman–Crippen LogP) is 7.12. The van der Waals surface area contributed by atoms with Crippen molar-refractivity contribution in [3.8, 4) is 0 Å². The molecule has 8 heteroatoms. The molecule has 1 amide bonds. The molecule has 270 valence electrons. The lowest BCUT2D eigenvalue weighted by Gasteiger charge is -2.44. The van der Waals surface area contributed by atoms with Gasteiger partial charge in [0, 0.05) is 0 Å². The molecule has 1 saturated heterocycles. The highest BCUT2D eigenvalue weighted by atomic mass is 28.4. The Hall–Kier alpha value is -4.57. The molecule has 0 unspecified atom stereocenters. The van der Waals surface area contributed by atoms with Gasteiger partial charge in [-0.1, -0.05) is 172 Å². The summed E-state index contributed by atoms with van der Waals surface area (Å²) in [5, 5.41) is 13.0. The molecule has 1 aliphatic heterocycles. The van der Waals surface area contributed by atoms with E-state index in [0.29, 0.717) is 0 Å². The third kappa shape index (κ3) is 8.38. The number of carbonyl (C=O) groups excluding carboxylic acids is 1. The lowest BCUT2D eigenvalue weighted by atomic mass is 10.1. The van der Waals surface area contributed by atoms with E-state index in [1.807, 2.05) is 103 Å². The van der Waals surface area contributed by atoms with Gasteiger partial charge in [-0.15, -0.1) is 0 Å². The van der Waals surface area contributed by atoms with E-state index in [2.05, 4.69) is 69.3 Å². The van der Waals surface area contributed by atoms with Crippen LogP contribution in [0.25, 0.3) is 0 Å². The highest BCUT2D eigenvalue weighted by Crippen LogP contribution is 2.39. The van der Waals surface area contributed by atoms with Gasteiger partial charge in [0.15, 0.2) is 0 Å². The molecular weight excluding hydrogens is 667 g/mol. The fourth-order valence-electron chi connectivity index (χ4n) is 7.35. The standard InChI is InChI=1S/C44H49NO6Si/c1-44(2,3)52(37-25-15-7-16-26-37,38-27-17-8-18-28-38)51-33-40-42(49-31-35-21-11-5-12-22-35)41(48-30-34-19-9-4-10-20-34)39(29-46)45(40)43(47)50-32-36-23-13-6-14-24-36/h4-28,39-42,46H,29-33H2,1-3H3/t39-,40+,41-,42+/m1/s1. The zero-order chi connectivity index (χ0) is 36.4. The minimum atomic E-state index is -3.03. The maximum Gasteiger partial charge on any atom is 0.410 e. The third-order valence-electron chi connectivity index (χ3n) is 9.86. The van der Waals surface area contributed by atoms with Gasteiger partial charge >= 0.3 is 6.09 Å². The number of rotatable bonds is 14. The second-order valence-corrected chi connectivity index (χ2v) is 18.6. The van der Waals surface area contributed by atoms with Crippen molar-refractivity contribution in [2.24, 2.45) is 0 Å². The fraction of sp³-hybridized carbons (Fsp3) is 0.295. The maximum atomic E-state index is 14.3. The van der Waals surface area contributed by atoms with E-state index in [4.69, 9.17) is 18.6 Å². The second kappa shape index (κ2) is 17.3. The monoisotopic (exact) mass is 715 g/mol. The van der Waals surface area contributed by atoms with Crippen LogP contribution in [0.15, 0.2) is 152 Å². The minimum absolute atomic E-state index is 0.0850. The maximum absolute atomic E-state index is 14.3. The number of ether oxygens (including phenoxy) is 3. The first-order chi connectivity index (χ1) is 25.3. The first-order valence-corrected chi connectivity index (χ1v) is 19.9. The van der Waals surface area contributed by atoms with Crippen molar-refractivity contribution in [1.82, 2.24) is 4.90 Å². The van der Waals surface area contributed by atoms with Crippen LogP contribution < -0.4 is 10.4 Å². The van der Waals surface area contributed by atoms with Crippen LogP contribution in [-0.4, -0.2) is 61.9 Å². The van der Waals surface area contributed by atoms with Crippen molar-refractivity contribution in [3.63, 3.8) is 0 Å². The summed E-state index contributed by atoms with van der Waals surface area (Å²) < 4.78 is 26.9. The van der Waals surface area contributed by atoms with Gasteiger partial charge in [0.2, 0.25) is 0 Å². The number of hydrogen-bond donors (Lipinski definition) is 1. The third-order valence-corrected chi connectivity index (χ3v) is 14.9. The van der Waals surface area contributed by atoms with Crippen LogP contribution in [0, 0.1) is 0 Å². The van der Waals surface area contributed by atoms with Gasteiger partial charge in [0.25, 0.3) is 8.32 Å². The lowest BCUT2D eigenvalue weighted by Crippen LogP contribution is -2.67. The van der Waals surface area contributed by atoms with Gasteiger partial charge < -0.3 is 23.7 Å². The van der Waals surface area contributed by atoms with Gasteiger partial charge in [0.1, 0.15) is 18.8 Å². The molecule has 1 fully saturated rings. The van der Waals surface area contributed by atoms with Crippen molar-refractivity contribution in [2.75, 3.05) is 13.2 Å². The Kier molecular flexibility index (Phi) is 12.4. The van der Waals surface area contributed by atoms with E-state index in [0.717, 1.165) is 27.1 Å². The van der Waals surface area contributed by atoms with Crippen LogP contribution in [0.1, 0.15) is 37.5 Å². The molecular formula is C44H49NO6Si. The van der Waals surface area contributed by atoms with Crippen LogP contribution >= 0.6 is 0 Å². The van der Waals surface area contributed by atoms with Crippen molar-refractivity contribution >= 4 is 24.8 Å². The Balaban J connectivity index is 1.41. The fourth-order valence-corrected chi connectivity index (χ4v) is 11.9. The summed E-state index contributed by atoms with van der Waals surface area (Å²) in [5.74, 6) is 0. The predicted molar refractivity (Wildman–Crippen MR) is 207 cm³/mol. The first kappa shape index (κ1) is 37.2. The number of nitrogens with zero attached hydrogens (tertiary/aromatic N) is 1. The largest absolute Gasteiger partial charge is 0.445 e. The Bertz CT molecular complexity index is 1770. The quantitative estimate of drug-likeness (QED) is 0.124. The summed E-state index contributed by atoms with van der Waals surface area (Å²) >= 11 is 0. The van der Waals surface area contributed by atoms with Crippen LogP contribution in [-0.2, 0) is 38.5 Å². The van der Waals surface area contributed by atoms with Crippen LogP contribution in [0.3, 0.4) is 0 Å². The molecule has 7 nitrogen and oxygen atoms in total. The smallest absolute Gasteiger partial charge is 0.410 e. The van der Waals surface area contributed by atoms with Gasteiger partial charge in [-0.25, -0.2) is 4.79 Å². The number of benzene rings is 5. The molecule has 6 rings (SSSR count). The summed E-state index contributed by atoms with van der Waals surface area (Å²) in [4.78, 5) is 16.0. The van der Waals surface area contributed by atoms with Crippen LogP contribution in [0.4, 0.5) is 4.79 Å². The Labute approximate surface area is 308 Å². The summed E-state index contributed by atoms with van der Waals surface area (Å²) in [7, 11) is -3.03. The summed E-state index contributed by atoms with van der Waals surface area (Å²) in [6, 6.07) is 48.9. The molecule has 4 atom stereocenters. The Morgan fingerprint density at radius 2 is 0.981 bits per heavy atom. The van der Waals surface area contributed by atoms with E-state index in [1.165, 1.54) is 0 Å². The Morgan fingerprint density at radius 3 is 1.38 bits per heavy atom. The van der Waals surface area contributed by atoms with E-state index < -0.39 is 38.7 Å². The zero-order valence-electron chi connectivity index (χ0n) is 30.2. The molecule has 52 heavy (non-hydrogen) atoms. The number of aliphatic hydroxyl groups excluding tert-OH is 1. The summed E-state index contributed by atoms with van der Waals surface area (Å²) in [6.07, 6.45) is -1.88. The normalized spacial score (nSPS) is 19.0. The summed E-state index contributed by atoms with van der Waals surface area (Å²) in [5.41, 5.74) is 2.83. The number of likely N-dealkylation sites (tertiary alicyclic amines) is 1. The molecule has 0 bridgehead atoms. The van der Waals surface area contributed by atoms with E-state index >= 15 is 0 Å². The van der Waals surface area contributed by atoms with E-state index in [1.54, 1.807) is 4.90 Å². The van der Waals surface area contributed by atoms with Crippen molar-refractivity contribution < 1.29 is 28.5 Å². The van der Waals surface area contributed by atoms with Gasteiger partial charge in [0.05, 0.1) is 38.5 Å². The SMILES string of the molecule is CC(C)(C)[Si](OC[C@H]1[C@H](OCc2ccccc2)[C@H](OCc2ccccc2)[C@@H](CO)N1C(=O)OCc1ccccc1)(c1ccccc1)c1ccccc1. The molecule has 0 aromatic heterocycles. The molecule has 0 saturated carbocycles. The number of carbonyl (C=O) groups is 1. The average Bonchev–Trinajstić information content (AvgIpc) is 3.49. The van der Waals surface area contributed by atoms with Crippen molar-refractivity contribution in [3.05, 3.63) is 168 Å². The van der Waals surface area contributed by atoms with Crippen molar-refractivity contribution in [2.45, 2.75) is 69.9 Å². The Morgan fingerprint density at radius 1 is 0.596 bits per heavy atom. The van der Waals surface area contributed by atoms with Crippen molar-refractivity contribution in [1.29, 1.82) is 0 Å². The average molecular weight is 716 g/mol. The highest BCUT2D eigenvalue weighted by molar-refractivity contribution is 6.99. The van der Waals surface area contributed by atoms with Gasteiger partial charge in [-0.05, 0) is 32.1 Å². The number of hydrogen-bond acceptors (Lipinski definition) is 6. The molecule has 1 N–H and O–H groups in total. The van der Waals surface area contributed by atoms with Gasteiger partial charge in [-0.3, -0.25) is 4.90 Å². The minimum Gasteiger partial charge on any atom is -0.445 e. The molecule has 0 radical (unpaired) electrons. The molecule has 5 aromatic carbocycles. The number of aliphatic hydroxyl groups is 1. The zero-order valence-corrected chi connectivity index (χ0v) is 31.2.